The van der Waals surface area contributed by atoms with Gasteiger partial charge in [-0.15, -0.1) is 0 Å². The van der Waals surface area contributed by atoms with E-state index >= 15 is 0 Å². The molecule has 1 heteroatoms. The second-order valence-corrected chi connectivity index (χ2v) is 5.00. The molecular formula is C18H24O. The molecule has 1 N–H and O–H groups in total. The lowest BCUT2D eigenvalue weighted by Gasteiger charge is -2.17. The van der Waals surface area contributed by atoms with Gasteiger partial charge in [0, 0.05) is 0 Å². The summed E-state index contributed by atoms with van der Waals surface area (Å²) in [6.07, 6.45) is 0. The summed E-state index contributed by atoms with van der Waals surface area (Å²) in [5.41, 5.74) is 3.82. The number of aliphatic hydroxyl groups is 1. The van der Waals surface area contributed by atoms with Crippen molar-refractivity contribution >= 4 is 0 Å². The van der Waals surface area contributed by atoms with Gasteiger partial charge in [-0.3, -0.25) is 0 Å². The fraction of sp³-hybridized carbons (Fsp3) is 0.333. The number of benzene rings is 2. The highest BCUT2D eigenvalue weighted by molar-refractivity contribution is 5.64. The lowest BCUT2D eigenvalue weighted by molar-refractivity contribution is 0.0786. The van der Waals surface area contributed by atoms with Gasteiger partial charge in [-0.05, 0) is 37.5 Å². The molecule has 0 aromatic heterocycles. The second-order valence-electron chi connectivity index (χ2n) is 5.00. The van der Waals surface area contributed by atoms with E-state index in [-0.39, 0.29) is 0 Å². The fourth-order valence-corrected chi connectivity index (χ4v) is 1.82. The lowest BCUT2D eigenvalue weighted by Crippen LogP contribution is -2.14. The molecule has 0 atom stereocenters. The van der Waals surface area contributed by atoms with Crippen molar-refractivity contribution in [2.45, 2.75) is 40.2 Å². The van der Waals surface area contributed by atoms with Gasteiger partial charge in [-0.1, -0.05) is 67.9 Å². The topological polar surface area (TPSA) is 20.2 Å². The quantitative estimate of drug-likeness (QED) is 0.809. The predicted molar refractivity (Wildman–Crippen MR) is 83.2 cm³/mol. The van der Waals surface area contributed by atoms with E-state index in [1.54, 1.807) is 13.8 Å². The molecule has 2 aromatic carbocycles. The van der Waals surface area contributed by atoms with Crippen LogP contribution in [0.15, 0.2) is 48.5 Å². The summed E-state index contributed by atoms with van der Waals surface area (Å²) in [6, 6.07) is 16.5. The highest BCUT2D eigenvalue weighted by Gasteiger charge is 2.15. The van der Waals surface area contributed by atoms with Gasteiger partial charge in [0.25, 0.3) is 0 Å². The van der Waals surface area contributed by atoms with Crippen LogP contribution >= 0.6 is 0 Å². The number of rotatable bonds is 2. The largest absolute Gasteiger partial charge is 0.386 e. The Labute approximate surface area is 116 Å². The number of hydrogen-bond donors (Lipinski definition) is 1. The Kier molecular flexibility index (Phi) is 5.31. The predicted octanol–water partition coefficient (Wildman–Crippen LogP) is 4.92. The molecule has 0 amide bonds. The first-order valence-electron chi connectivity index (χ1n) is 6.87. The van der Waals surface area contributed by atoms with Crippen LogP contribution in [0.2, 0.25) is 0 Å². The first-order valence-corrected chi connectivity index (χ1v) is 6.87. The average molecular weight is 256 g/mol. The van der Waals surface area contributed by atoms with E-state index in [4.69, 9.17) is 0 Å². The Bertz CT molecular complexity index is 487. The molecule has 0 radical (unpaired) electrons. The summed E-state index contributed by atoms with van der Waals surface area (Å²) in [5, 5.41) is 9.89. The second kappa shape index (κ2) is 6.53. The summed E-state index contributed by atoms with van der Waals surface area (Å²) in [7, 11) is 0. The molecule has 2 rings (SSSR count). The summed E-state index contributed by atoms with van der Waals surface area (Å²) >= 11 is 0. The van der Waals surface area contributed by atoms with Crippen molar-refractivity contribution in [3.63, 3.8) is 0 Å². The lowest BCUT2D eigenvalue weighted by atomic mass is 9.95. The summed E-state index contributed by atoms with van der Waals surface area (Å²) < 4.78 is 0. The third-order valence-electron chi connectivity index (χ3n) is 2.98. The molecule has 0 aliphatic carbocycles. The average Bonchev–Trinajstić information content (AvgIpc) is 2.41. The third-order valence-corrected chi connectivity index (χ3v) is 2.98. The van der Waals surface area contributed by atoms with Crippen LogP contribution in [-0.4, -0.2) is 5.11 Å². The summed E-state index contributed by atoms with van der Waals surface area (Å²) in [6.45, 7) is 9.68. The van der Waals surface area contributed by atoms with E-state index in [1.165, 1.54) is 16.7 Å². The molecule has 19 heavy (non-hydrogen) atoms. The maximum Gasteiger partial charge on any atom is 0.0840 e. The van der Waals surface area contributed by atoms with Crippen LogP contribution in [0.5, 0.6) is 0 Å². The maximum atomic E-state index is 9.89. The van der Waals surface area contributed by atoms with Crippen LogP contribution in [0, 0.1) is 6.92 Å². The van der Waals surface area contributed by atoms with Crippen LogP contribution in [0.25, 0.3) is 11.1 Å². The SMILES string of the molecule is CC.Cc1ccc(-c2ccc(C(C)(C)O)cc2)cc1. The smallest absolute Gasteiger partial charge is 0.0840 e. The number of hydrogen-bond acceptors (Lipinski definition) is 1. The molecule has 0 heterocycles. The van der Waals surface area contributed by atoms with Crippen LogP contribution in [0.3, 0.4) is 0 Å². The minimum Gasteiger partial charge on any atom is -0.386 e. The fourth-order valence-electron chi connectivity index (χ4n) is 1.82. The molecule has 102 valence electrons. The Hall–Kier alpha value is -1.60. The molecule has 0 spiro atoms. The van der Waals surface area contributed by atoms with E-state index in [9.17, 15) is 5.11 Å². The van der Waals surface area contributed by atoms with Gasteiger partial charge in [0.05, 0.1) is 5.60 Å². The monoisotopic (exact) mass is 256 g/mol. The normalized spacial score (nSPS) is 10.6. The van der Waals surface area contributed by atoms with Crippen molar-refractivity contribution in [1.29, 1.82) is 0 Å². The minimum absolute atomic E-state index is 0.772. The van der Waals surface area contributed by atoms with Crippen LogP contribution in [0.4, 0.5) is 0 Å². The van der Waals surface area contributed by atoms with E-state index in [1.807, 2.05) is 26.0 Å². The van der Waals surface area contributed by atoms with Crippen molar-refractivity contribution in [1.82, 2.24) is 0 Å². The van der Waals surface area contributed by atoms with Gasteiger partial charge in [0.15, 0.2) is 0 Å². The molecule has 0 saturated carbocycles. The zero-order valence-electron chi connectivity index (χ0n) is 12.6. The summed E-state index contributed by atoms with van der Waals surface area (Å²) in [5.74, 6) is 0. The molecule has 0 bridgehead atoms. The molecule has 0 fully saturated rings. The zero-order valence-corrected chi connectivity index (χ0v) is 12.6. The number of aryl methyl sites for hydroxylation is 1. The van der Waals surface area contributed by atoms with Gasteiger partial charge in [-0.25, -0.2) is 0 Å². The van der Waals surface area contributed by atoms with Crippen molar-refractivity contribution in [2.24, 2.45) is 0 Å². The summed E-state index contributed by atoms with van der Waals surface area (Å²) in [4.78, 5) is 0. The van der Waals surface area contributed by atoms with E-state index in [2.05, 4.69) is 43.3 Å². The molecule has 1 nitrogen and oxygen atoms in total. The Balaban J connectivity index is 0.000000861. The van der Waals surface area contributed by atoms with Crippen molar-refractivity contribution in [3.05, 3.63) is 59.7 Å². The standard InChI is InChI=1S/C16H18O.C2H6/c1-12-4-6-13(7-5-12)14-8-10-15(11-9-14)16(2,3)17;1-2/h4-11,17H,1-3H3;1-2H3. The Morgan fingerprint density at radius 2 is 1.11 bits per heavy atom. The first-order chi connectivity index (χ1) is 8.97. The molecule has 0 unspecified atom stereocenters. The Morgan fingerprint density at radius 1 is 0.737 bits per heavy atom. The van der Waals surface area contributed by atoms with Crippen LogP contribution in [-0.2, 0) is 5.60 Å². The third kappa shape index (κ3) is 4.22. The van der Waals surface area contributed by atoms with Gasteiger partial charge in [0.1, 0.15) is 0 Å². The van der Waals surface area contributed by atoms with Crippen molar-refractivity contribution in [3.8, 4) is 11.1 Å². The molecule has 0 aliphatic heterocycles. The van der Waals surface area contributed by atoms with Gasteiger partial charge in [-0.2, -0.15) is 0 Å². The highest BCUT2D eigenvalue weighted by atomic mass is 16.3. The van der Waals surface area contributed by atoms with Gasteiger partial charge in [0.2, 0.25) is 0 Å². The van der Waals surface area contributed by atoms with Gasteiger partial charge < -0.3 is 5.11 Å². The molecule has 2 aromatic rings. The minimum atomic E-state index is -0.772. The van der Waals surface area contributed by atoms with Crippen LogP contribution < -0.4 is 0 Å². The molecule has 0 saturated heterocycles. The van der Waals surface area contributed by atoms with Crippen molar-refractivity contribution < 1.29 is 5.11 Å². The maximum absolute atomic E-state index is 9.89. The van der Waals surface area contributed by atoms with E-state index in [0.29, 0.717) is 0 Å². The van der Waals surface area contributed by atoms with E-state index in [0.717, 1.165) is 5.56 Å². The van der Waals surface area contributed by atoms with E-state index < -0.39 is 5.60 Å². The Morgan fingerprint density at radius 3 is 1.47 bits per heavy atom. The molecule has 0 aliphatic rings. The first kappa shape index (κ1) is 15.5. The van der Waals surface area contributed by atoms with Crippen molar-refractivity contribution in [2.75, 3.05) is 0 Å². The highest BCUT2D eigenvalue weighted by Crippen LogP contribution is 2.24. The zero-order chi connectivity index (χ0) is 14.5. The van der Waals surface area contributed by atoms with Gasteiger partial charge >= 0.3 is 0 Å². The molecular weight excluding hydrogens is 232 g/mol. The van der Waals surface area contributed by atoms with Crippen LogP contribution in [0.1, 0.15) is 38.8 Å².